The first kappa shape index (κ1) is 27.2. The fourth-order valence-corrected chi connectivity index (χ4v) is 5.31. The lowest BCUT2D eigenvalue weighted by atomic mass is 9.90. The number of hydrogen-bond donors (Lipinski definition) is 0. The first-order valence-electron chi connectivity index (χ1n) is 14.0. The molecule has 42 heavy (non-hydrogen) atoms. The maximum atomic E-state index is 13.9. The molecule has 2 aliphatic heterocycles. The number of unbranched alkanes of at least 4 members (excludes halogenated alkanes) is 1. The van der Waals surface area contributed by atoms with Crippen LogP contribution < -0.4 is 19.4 Å². The first-order valence-corrected chi connectivity index (χ1v) is 14.0. The molecule has 6 rings (SSSR count). The van der Waals surface area contributed by atoms with Crippen molar-refractivity contribution < 1.29 is 28.7 Å². The third-order valence-electron chi connectivity index (χ3n) is 7.43. The molecule has 0 bridgehead atoms. The molecule has 0 radical (unpaired) electrons. The van der Waals surface area contributed by atoms with Crippen LogP contribution in [0.5, 0.6) is 11.5 Å². The lowest BCUT2D eigenvalue weighted by Crippen LogP contribution is -2.37. The zero-order chi connectivity index (χ0) is 29.1. The summed E-state index contributed by atoms with van der Waals surface area (Å²) >= 11 is 0. The summed E-state index contributed by atoms with van der Waals surface area (Å²) in [4.78, 5) is 47.5. The van der Waals surface area contributed by atoms with Crippen LogP contribution in [0.25, 0.3) is 0 Å². The third kappa shape index (κ3) is 5.24. The Hall–Kier alpha value is -4.95. The minimum atomic E-state index is -0.987. The van der Waals surface area contributed by atoms with Gasteiger partial charge in [0, 0.05) is 0 Å². The number of nitrogens with zero attached hydrogens (tertiary/aromatic N) is 2. The van der Waals surface area contributed by atoms with E-state index in [9.17, 15) is 14.4 Å². The molecule has 0 aromatic heterocycles. The molecule has 2 saturated heterocycles. The van der Waals surface area contributed by atoms with Crippen molar-refractivity contribution in [3.63, 3.8) is 0 Å². The summed E-state index contributed by atoms with van der Waals surface area (Å²) in [6.07, 6.45) is 0.987. The Morgan fingerprint density at radius 1 is 0.762 bits per heavy atom. The lowest BCUT2D eigenvalue weighted by molar-refractivity contribution is -0.126. The predicted octanol–water partition coefficient (Wildman–Crippen LogP) is 6.14. The van der Waals surface area contributed by atoms with E-state index >= 15 is 0 Å². The van der Waals surface area contributed by atoms with Crippen LogP contribution in [0.3, 0.4) is 0 Å². The number of fused-ring (bicyclic) bond motifs is 1. The molecule has 3 atom stereocenters. The summed E-state index contributed by atoms with van der Waals surface area (Å²) in [6.45, 7) is 2.70. The van der Waals surface area contributed by atoms with Crippen LogP contribution >= 0.6 is 0 Å². The van der Waals surface area contributed by atoms with Crippen molar-refractivity contribution in [1.29, 1.82) is 0 Å². The standard InChI is InChI=1S/C34H30N2O6/c1-2-3-22-40-27-20-16-25(17-21-27)35-32(37)29-30(36(42-31(29)33(35)38)26-12-8-5-9-13-26)23-14-18-28(19-15-23)41-34(39)24-10-6-4-7-11-24/h4-21,29-31H,2-3,22H2,1H3/t29-,30-,31+/m0/s1. The van der Waals surface area contributed by atoms with Gasteiger partial charge in [0.1, 0.15) is 17.4 Å². The molecule has 8 heteroatoms. The minimum Gasteiger partial charge on any atom is -0.494 e. The topological polar surface area (TPSA) is 85.4 Å². The SMILES string of the molecule is CCCCOc1ccc(N2C(=O)[C@@H]3[C@@H](ON(c4ccccc4)[C@H]3c3ccc(OC(=O)c4ccccc4)cc3)C2=O)cc1. The van der Waals surface area contributed by atoms with Gasteiger partial charge in [-0.2, -0.15) is 0 Å². The quantitative estimate of drug-likeness (QED) is 0.105. The smallest absolute Gasteiger partial charge is 0.343 e. The third-order valence-corrected chi connectivity index (χ3v) is 7.43. The summed E-state index contributed by atoms with van der Waals surface area (Å²) in [5, 5.41) is 1.64. The van der Waals surface area contributed by atoms with Gasteiger partial charge in [0.25, 0.3) is 5.91 Å². The van der Waals surface area contributed by atoms with E-state index in [1.165, 1.54) is 4.90 Å². The maximum Gasteiger partial charge on any atom is 0.343 e. The second kappa shape index (κ2) is 11.9. The van der Waals surface area contributed by atoms with E-state index in [1.807, 2.05) is 36.4 Å². The second-order valence-electron chi connectivity index (χ2n) is 10.2. The normalized spacial score (nSPS) is 19.6. The molecule has 0 N–H and O–H groups in total. The molecule has 2 aliphatic rings. The van der Waals surface area contributed by atoms with Gasteiger partial charge >= 0.3 is 5.97 Å². The molecular weight excluding hydrogens is 532 g/mol. The molecule has 0 unspecified atom stereocenters. The van der Waals surface area contributed by atoms with Crippen LogP contribution in [0.4, 0.5) is 11.4 Å². The molecule has 2 fully saturated rings. The fraction of sp³-hybridized carbons (Fsp3) is 0.206. The van der Waals surface area contributed by atoms with E-state index in [1.54, 1.807) is 77.9 Å². The average Bonchev–Trinajstić information content (AvgIpc) is 3.54. The van der Waals surface area contributed by atoms with Crippen LogP contribution in [0.1, 0.15) is 41.7 Å². The summed E-state index contributed by atoms with van der Waals surface area (Å²) in [5.74, 6) is -0.951. The van der Waals surface area contributed by atoms with Gasteiger partial charge in [-0.05, 0) is 72.6 Å². The van der Waals surface area contributed by atoms with E-state index in [4.69, 9.17) is 14.3 Å². The van der Waals surface area contributed by atoms with Crippen LogP contribution in [0, 0.1) is 5.92 Å². The lowest BCUT2D eigenvalue weighted by Gasteiger charge is -2.28. The highest BCUT2D eigenvalue weighted by Gasteiger charge is 2.60. The number of para-hydroxylation sites is 1. The molecule has 2 amide bonds. The van der Waals surface area contributed by atoms with Gasteiger partial charge in [0.15, 0.2) is 6.10 Å². The fourth-order valence-electron chi connectivity index (χ4n) is 5.31. The molecule has 4 aromatic carbocycles. The highest BCUT2D eigenvalue weighted by molar-refractivity contribution is 6.24. The van der Waals surface area contributed by atoms with Crippen LogP contribution in [0.2, 0.25) is 0 Å². The number of hydroxylamine groups is 1. The molecule has 0 aliphatic carbocycles. The molecule has 212 valence electrons. The number of carbonyl (C=O) groups excluding carboxylic acids is 3. The van der Waals surface area contributed by atoms with Gasteiger partial charge in [-0.25, -0.2) is 14.8 Å². The van der Waals surface area contributed by atoms with E-state index in [0.717, 1.165) is 24.1 Å². The zero-order valence-electron chi connectivity index (χ0n) is 23.1. The number of anilines is 2. The minimum absolute atomic E-state index is 0.340. The number of hydrogen-bond acceptors (Lipinski definition) is 7. The molecule has 8 nitrogen and oxygen atoms in total. The zero-order valence-corrected chi connectivity index (χ0v) is 23.1. The Labute approximate surface area is 244 Å². The number of benzene rings is 4. The molecule has 0 spiro atoms. The summed E-state index contributed by atoms with van der Waals surface area (Å²) in [6, 6.07) is 31.5. The highest BCUT2D eigenvalue weighted by Crippen LogP contribution is 2.47. The van der Waals surface area contributed by atoms with Crippen molar-refractivity contribution >= 4 is 29.2 Å². The Morgan fingerprint density at radius 2 is 1.40 bits per heavy atom. The monoisotopic (exact) mass is 562 g/mol. The van der Waals surface area contributed by atoms with E-state index in [-0.39, 0.29) is 5.91 Å². The number of rotatable bonds is 9. The van der Waals surface area contributed by atoms with Crippen LogP contribution in [0.15, 0.2) is 109 Å². The highest BCUT2D eigenvalue weighted by atomic mass is 16.7. The maximum absolute atomic E-state index is 13.9. The molecule has 4 aromatic rings. The van der Waals surface area contributed by atoms with Crippen LogP contribution in [-0.2, 0) is 14.4 Å². The van der Waals surface area contributed by atoms with Crippen molar-refractivity contribution in [2.24, 2.45) is 5.92 Å². The summed E-state index contributed by atoms with van der Waals surface area (Å²) in [5.41, 5.74) is 2.38. The number of imide groups is 1. The number of carbonyl (C=O) groups is 3. The molecule has 0 saturated carbocycles. The van der Waals surface area contributed by atoms with Gasteiger partial charge in [-0.15, -0.1) is 0 Å². The van der Waals surface area contributed by atoms with Gasteiger partial charge in [-0.3, -0.25) is 14.4 Å². The van der Waals surface area contributed by atoms with Crippen molar-refractivity contribution in [3.8, 4) is 11.5 Å². The number of amides is 2. The van der Waals surface area contributed by atoms with Crippen molar-refractivity contribution in [1.82, 2.24) is 0 Å². The second-order valence-corrected chi connectivity index (χ2v) is 10.2. The van der Waals surface area contributed by atoms with Gasteiger partial charge < -0.3 is 9.47 Å². The Balaban J connectivity index is 1.27. The van der Waals surface area contributed by atoms with Crippen molar-refractivity contribution in [3.05, 3.63) is 120 Å². The Morgan fingerprint density at radius 3 is 2.07 bits per heavy atom. The van der Waals surface area contributed by atoms with E-state index < -0.39 is 29.9 Å². The van der Waals surface area contributed by atoms with Crippen molar-refractivity contribution in [2.75, 3.05) is 16.6 Å². The van der Waals surface area contributed by atoms with E-state index in [2.05, 4.69) is 6.92 Å². The molecular formula is C34H30N2O6. The Bertz CT molecular complexity index is 1560. The number of esters is 1. The largest absolute Gasteiger partial charge is 0.494 e. The van der Waals surface area contributed by atoms with Gasteiger partial charge in [0.2, 0.25) is 5.91 Å². The predicted molar refractivity (Wildman–Crippen MR) is 157 cm³/mol. The van der Waals surface area contributed by atoms with Crippen molar-refractivity contribution in [2.45, 2.75) is 31.9 Å². The Kier molecular flexibility index (Phi) is 7.70. The van der Waals surface area contributed by atoms with Gasteiger partial charge in [-0.1, -0.05) is 61.9 Å². The van der Waals surface area contributed by atoms with E-state index in [0.29, 0.717) is 29.4 Å². The van der Waals surface area contributed by atoms with Gasteiger partial charge in [0.05, 0.1) is 29.6 Å². The number of ether oxygens (including phenoxy) is 2. The van der Waals surface area contributed by atoms with Crippen LogP contribution in [-0.4, -0.2) is 30.5 Å². The summed E-state index contributed by atoms with van der Waals surface area (Å²) in [7, 11) is 0. The molecule has 2 heterocycles. The first-order chi connectivity index (χ1) is 20.5. The average molecular weight is 563 g/mol. The summed E-state index contributed by atoms with van der Waals surface area (Å²) < 4.78 is 11.3.